The van der Waals surface area contributed by atoms with Crippen LogP contribution >= 0.6 is 0 Å². The number of nitrogens with zero attached hydrogens (tertiary/aromatic N) is 14. The van der Waals surface area contributed by atoms with Crippen LogP contribution in [0.1, 0.15) is 288 Å². The Morgan fingerprint density at radius 3 is 0.852 bits per heavy atom. The van der Waals surface area contributed by atoms with Crippen LogP contribution < -0.4 is 56.3 Å². The second kappa shape index (κ2) is 45.5. The summed E-state index contributed by atoms with van der Waals surface area (Å²) in [6.45, 7) is 79.5. The zero-order valence-corrected chi connectivity index (χ0v) is 99.2. The number of carbonyl (C=O) groups excluding carboxylic acids is 2. The second-order valence-corrected chi connectivity index (χ2v) is 80.5. The van der Waals surface area contributed by atoms with Crippen LogP contribution in [0.2, 0.25) is 88.7 Å². The summed E-state index contributed by atoms with van der Waals surface area (Å²) in [6.07, 6.45) is -2.19. The number of anilines is 4. The molecule has 16 atom stereocenters. The van der Waals surface area contributed by atoms with Gasteiger partial charge < -0.3 is 104 Å². The summed E-state index contributed by atoms with van der Waals surface area (Å²) in [5.74, 6) is -0.110. The van der Waals surface area contributed by atoms with Crippen molar-refractivity contribution in [2.24, 2.45) is 16.0 Å². The number of amides is 2. The summed E-state index contributed by atoms with van der Waals surface area (Å²) >= 11 is 0. The quantitative estimate of drug-likeness (QED) is 0.0164. The molecule has 0 unspecified atom stereocenters. The highest BCUT2D eigenvalue weighted by Gasteiger charge is 2.71. The van der Waals surface area contributed by atoms with Gasteiger partial charge in [-0.15, -0.1) is 0 Å². The molecule has 8 aliphatic heterocycles. The number of fused-ring (bicyclic) bond motifs is 4. The van der Waals surface area contributed by atoms with Gasteiger partial charge >= 0.3 is 91.2 Å². The molecule has 8 saturated heterocycles. The Labute approximate surface area is 846 Å². The Kier molecular flexibility index (Phi) is 38.2. The molecule has 12 rings (SSSR count). The van der Waals surface area contributed by atoms with E-state index in [1.165, 1.54) is 62.7 Å². The standard InChI is InChI=1S/C24H42N6O6Si2.C24H44N4O6Si2.C22H40N6O5Si2.C22H42N4O5Si2/c1-14(2)37(15(3)4)33-13-19-21(35-38(36-37,16(5)6)17(7)8)24(10,28-29-25)22(34-19)30-12-11-20(26-18(9)31)27-23(30)32;1-14(2)35(15(3)4)31-13-19-21(33-36(34-35,16(5)6)17(7)8)24(10,27-18(9)29)22(32-19)28-12-11-20(25)26-23(28)30;1-13(2)34(14(3)4)30-12-17-19(32-35(33-34,15(5)6)16(7)8)22(9,26-27-24)20(31-17)28-11-10-18(23)25-21(28)29;1-13(2)32(14(3)4)28-12-17-19(30-33(31-32,15(5)6)16(7)8)22(9,24)20(29-17)26-11-10-18(23)25-21(26)27/h11-12,14-17,19,21-22H,13H2,1-10H3,(H,26,27,31,32);11-12,14-17,19,21-22H,13H2,1-10H3,(H,27,29)(H2,25,26,30);10-11,13-17,19-20H,12H2,1-9H3,(H2,23,25,29);10-11,13-17,19-20H,12,24H2,1-9H3,(H2,23,25,27)/t2*19-,21-,22-,24-;2*17-,19-,20-,22-/m1111/s1. The van der Waals surface area contributed by atoms with E-state index < -0.39 is 187 Å². The molecule has 8 aliphatic rings. The number of nitrogen functional groups attached to an aromatic ring is 3. The van der Waals surface area contributed by atoms with Gasteiger partial charge in [0.15, 0.2) is 24.9 Å². The molecule has 0 radical (unpaired) electrons. The normalized spacial score (nSPS) is 30.1. The van der Waals surface area contributed by atoms with Gasteiger partial charge in [-0.1, -0.05) is 232 Å². The highest BCUT2D eigenvalue weighted by Crippen LogP contribution is 2.58. The van der Waals surface area contributed by atoms with Gasteiger partial charge in [-0.05, 0) is 152 Å². The summed E-state index contributed by atoms with van der Waals surface area (Å²) in [6, 6.07) is 6.12. The molecule has 8 fully saturated rings. The number of ether oxygens (including phenoxy) is 4. The average molecular weight is 2130 g/mol. The zero-order valence-electron chi connectivity index (χ0n) is 91.2. The molecule has 800 valence electrons. The van der Waals surface area contributed by atoms with Gasteiger partial charge in [0, 0.05) is 48.5 Å². The number of hydrogen-bond donors (Lipinski definition) is 6. The first-order valence-electron chi connectivity index (χ1n) is 50.5. The number of aromatic nitrogens is 8. The Morgan fingerprint density at radius 1 is 0.359 bits per heavy atom. The fourth-order valence-electron chi connectivity index (χ4n) is 22.4. The molecule has 10 N–H and O–H groups in total. The summed E-state index contributed by atoms with van der Waals surface area (Å²) in [7, 11) is -22.9. The largest absolute Gasteiger partial charge is 0.414 e. The van der Waals surface area contributed by atoms with Crippen molar-refractivity contribution in [1.29, 1.82) is 0 Å². The lowest BCUT2D eigenvalue weighted by Crippen LogP contribution is -2.68. The molecule has 4 aromatic heterocycles. The molecule has 12 heterocycles. The van der Waals surface area contributed by atoms with Crippen LogP contribution in [0.4, 0.5) is 23.3 Å². The van der Waals surface area contributed by atoms with Crippen LogP contribution in [0.3, 0.4) is 0 Å². The third-order valence-corrected chi connectivity index (χ3v) is 70.8. The lowest BCUT2D eigenvalue weighted by Gasteiger charge is -2.52. The van der Waals surface area contributed by atoms with Gasteiger partial charge in [-0.25, -0.2) is 19.2 Å². The lowest BCUT2D eigenvalue weighted by atomic mass is 9.92. The Bertz CT molecular complexity index is 5310. The Balaban J connectivity index is 0.000000212. The maximum atomic E-state index is 13.1. The highest BCUT2D eigenvalue weighted by molar-refractivity contribution is 6.86. The van der Waals surface area contributed by atoms with Crippen molar-refractivity contribution in [3.63, 3.8) is 0 Å². The molecular formula is C92H168N20O22Si8. The highest BCUT2D eigenvalue weighted by atomic mass is 28.5. The van der Waals surface area contributed by atoms with Crippen LogP contribution in [-0.4, -0.2) is 216 Å². The molecule has 0 aliphatic carbocycles. The maximum Gasteiger partial charge on any atom is 0.351 e. The molecule has 0 spiro atoms. The first kappa shape index (κ1) is 119. The Hall–Kier alpha value is -6.46. The lowest BCUT2D eigenvalue weighted by molar-refractivity contribution is -0.123. The fourth-order valence-corrected chi connectivity index (χ4v) is 67.5. The third kappa shape index (κ3) is 22.5. The molecule has 2 amide bonds. The molecule has 42 nitrogen and oxygen atoms in total. The Morgan fingerprint density at radius 2 is 0.592 bits per heavy atom. The van der Waals surface area contributed by atoms with Crippen molar-refractivity contribution in [3.8, 4) is 0 Å². The molecule has 0 saturated carbocycles. The van der Waals surface area contributed by atoms with E-state index >= 15 is 0 Å². The maximum absolute atomic E-state index is 13.1. The van der Waals surface area contributed by atoms with E-state index in [4.69, 9.17) is 93.8 Å². The molecule has 4 aromatic rings. The number of hydrogen-bond acceptors (Lipinski definition) is 32. The smallest absolute Gasteiger partial charge is 0.351 e. The van der Waals surface area contributed by atoms with Gasteiger partial charge in [-0.2, -0.15) is 19.9 Å². The minimum absolute atomic E-state index is 0.0601. The zero-order chi connectivity index (χ0) is 107. The van der Waals surface area contributed by atoms with Gasteiger partial charge in [0.05, 0.1) is 50.3 Å². The van der Waals surface area contributed by atoms with Gasteiger partial charge in [0.1, 0.15) is 70.4 Å². The second-order valence-electron chi connectivity index (χ2n) is 45.1. The van der Waals surface area contributed by atoms with Crippen molar-refractivity contribution in [3.05, 3.63) is 112 Å². The first-order chi connectivity index (χ1) is 65.7. The molecule has 50 heteroatoms. The third-order valence-electron chi connectivity index (χ3n) is 29.9. The van der Waals surface area contributed by atoms with Crippen LogP contribution in [0.5, 0.6) is 0 Å². The summed E-state index contributed by atoms with van der Waals surface area (Å²) in [4.78, 5) is 97.1. The molecular weight excluding hydrogens is 1960 g/mol. The number of nitrogens with two attached hydrogens (primary N) is 4. The number of rotatable bonds is 24. The predicted octanol–water partition coefficient (Wildman–Crippen LogP) is 16.8. The van der Waals surface area contributed by atoms with E-state index in [0.29, 0.717) is 6.61 Å². The molecule has 0 bridgehead atoms. The monoisotopic (exact) mass is 2130 g/mol. The molecule has 0 aromatic carbocycles. The first-order valence-corrected chi connectivity index (χ1v) is 66.3. The van der Waals surface area contributed by atoms with Crippen molar-refractivity contribution in [2.75, 3.05) is 48.9 Å². The average Bonchev–Trinajstić information content (AvgIpc) is 1.56. The SMILES string of the molecule is CC(=O)N[C@]1(C)[C@@H]2O[Si](C(C)C)(C(C)C)O[Si](C(C)C)(C(C)C)OC[C@H]2O[C@H]1n1ccc(N)nc1=O.CC(=O)Nc1ccn([C@@H]2O[C@@H]3CO[Si](C(C)C)(C(C)C)O[Si](C(C)C)(C(C)C)O[C@H]3[C@@]2(C)N=[N+]=[N-])c(=O)n1.CC(C)[Si]1(C(C)C)OC[C@H]2O[C@@H](n3ccc(N)nc3=O)[C@](C)(N)[C@@H]2O[Si](C(C)C)(C(C)C)O1.CC(C)[Si]1(C(C)C)OC[C@H]2O[C@@H](n3ccc(N)nc3=O)[C@](C)(N=[N+]=[N-])[C@@H]2O[Si](C(C)C)(C(C)C)O1. The molecule has 142 heavy (non-hydrogen) atoms. The van der Waals surface area contributed by atoms with Crippen molar-refractivity contribution >= 4 is 104 Å². The van der Waals surface area contributed by atoms with Crippen LogP contribution in [0.25, 0.3) is 20.9 Å². The van der Waals surface area contributed by atoms with Gasteiger partial charge in [0.2, 0.25) is 11.8 Å². The number of nitrogens with one attached hydrogen (secondary N) is 2. The van der Waals surface area contributed by atoms with E-state index in [1.807, 2.05) is 13.8 Å². The van der Waals surface area contributed by atoms with E-state index in [0.717, 1.165) is 0 Å². The van der Waals surface area contributed by atoms with Crippen molar-refractivity contribution in [1.82, 2.24) is 43.5 Å². The van der Waals surface area contributed by atoms with Crippen LogP contribution in [0.15, 0.2) is 78.5 Å². The van der Waals surface area contributed by atoms with E-state index in [1.54, 1.807) is 32.3 Å². The van der Waals surface area contributed by atoms with Crippen LogP contribution in [0, 0.1) is 0 Å². The van der Waals surface area contributed by atoms with Crippen molar-refractivity contribution in [2.45, 2.75) is 448 Å². The summed E-state index contributed by atoms with van der Waals surface area (Å²) in [5.41, 5.74) is 38.5. The minimum Gasteiger partial charge on any atom is -0.414 e. The van der Waals surface area contributed by atoms with Crippen molar-refractivity contribution < 1.29 is 80.4 Å². The van der Waals surface area contributed by atoms with Crippen LogP contribution in [-0.2, 0) is 80.4 Å². The van der Waals surface area contributed by atoms with E-state index in [9.17, 15) is 39.8 Å². The topological polar surface area (TPSA) is 547 Å². The van der Waals surface area contributed by atoms with Gasteiger partial charge in [-0.3, -0.25) is 27.9 Å². The number of carbonyl (C=O) groups is 2. The predicted molar refractivity (Wildman–Crippen MR) is 562 cm³/mol. The minimum atomic E-state index is -3.03. The van der Waals surface area contributed by atoms with E-state index in [-0.39, 0.29) is 144 Å². The summed E-state index contributed by atoms with van der Waals surface area (Å²) in [5, 5.41) is 13.9. The summed E-state index contributed by atoms with van der Waals surface area (Å²) < 4.78 is 116. The van der Waals surface area contributed by atoms with E-state index in [2.05, 4.69) is 272 Å². The van der Waals surface area contributed by atoms with Gasteiger partial charge in [0.25, 0.3) is 0 Å². The number of azide groups is 2. The fraction of sp³-hybridized carbons (Fsp3) is 0.804.